The molecule has 4 N–H and O–H groups in total. The summed E-state index contributed by atoms with van der Waals surface area (Å²) in [6.07, 6.45) is 0.850. The third kappa shape index (κ3) is 4.50. The Labute approximate surface area is 112 Å². The van der Waals surface area contributed by atoms with Gasteiger partial charge in [-0.15, -0.1) is 0 Å². The number of benzene rings is 1. The molecule has 0 aromatic heterocycles. The second-order valence-corrected chi connectivity index (χ2v) is 3.99. The van der Waals surface area contributed by atoms with Crippen LogP contribution in [-0.4, -0.2) is 32.0 Å². The van der Waals surface area contributed by atoms with Gasteiger partial charge in [-0.3, -0.25) is 9.59 Å². The highest BCUT2D eigenvalue weighted by atomic mass is 16.5. The van der Waals surface area contributed by atoms with Crippen molar-refractivity contribution in [3.05, 3.63) is 23.8 Å². The van der Waals surface area contributed by atoms with Crippen LogP contribution in [0, 0.1) is 0 Å². The van der Waals surface area contributed by atoms with E-state index in [1.165, 1.54) is 13.2 Å². The van der Waals surface area contributed by atoms with Crippen LogP contribution < -0.4 is 21.1 Å². The second-order valence-electron chi connectivity index (χ2n) is 3.99. The van der Waals surface area contributed by atoms with Crippen molar-refractivity contribution in [2.24, 2.45) is 0 Å². The van der Waals surface area contributed by atoms with Gasteiger partial charge in [0.05, 0.1) is 19.2 Å². The first kappa shape index (κ1) is 14.8. The predicted molar refractivity (Wildman–Crippen MR) is 73.0 cm³/mol. The maximum atomic E-state index is 11.9. The number of nitrogen functional groups attached to an aromatic ring is 1. The van der Waals surface area contributed by atoms with E-state index < -0.39 is 5.91 Å². The topological polar surface area (TPSA) is 93.5 Å². The molecule has 0 bridgehead atoms. The highest BCUT2D eigenvalue weighted by Gasteiger charge is 2.13. The van der Waals surface area contributed by atoms with Crippen LogP contribution in [-0.2, 0) is 4.79 Å². The number of carbonyl (C=O) groups excluding carboxylic acids is 2. The molecule has 0 heterocycles. The van der Waals surface area contributed by atoms with Crippen LogP contribution in [0.1, 0.15) is 23.7 Å². The Morgan fingerprint density at radius 3 is 2.68 bits per heavy atom. The maximum Gasteiger partial charge on any atom is 0.255 e. The van der Waals surface area contributed by atoms with E-state index in [4.69, 9.17) is 10.5 Å². The predicted octanol–water partition coefficient (Wildman–Crippen LogP) is 0.533. The van der Waals surface area contributed by atoms with Crippen molar-refractivity contribution in [1.82, 2.24) is 10.6 Å². The smallest absolute Gasteiger partial charge is 0.255 e. The van der Waals surface area contributed by atoms with E-state index in [1.807, 2.05) is 6.92 Å². The van der Waals surface area contributed by atoms with Crippen molar-refractivity contribution in [2.75, 3.05) is 25.9 Å². The normalized spacial score (nSPS) is 9.79. The zero-order valence-corrected chi connectivity index (χ0v) is 11.2. The third-order valence-corrected chi connectivity index (χ3v) is 2.45. The summed E-state index contributed by atoms with van der Waals surface area (Å²) >= 11 is 0. The number of nitrogens with two attached hydrogens (primary N) is 1. The van der Waals surface area contributed by atoms with E-state index in [9.17, 15) is 9.59 Å². The van der Waals surface area contributed by atoms with Crippen LogP contribution in [0.2, 0.25) is 0 Å². The summed E-state index contributed by atoms with van der Waals surface area (Å²) in [6.45, 7) is 2.48. The van der Waals surface area contributed by atoms with Crippen LogP contribution in [0.15, 0.2) is 18.2 Å². The quantitative estimate of drug-likeness (QED) is 0.654. The van der Waals surface area contributed by atoms with Gasteiger partial charge in [0.25, 0.3) is 5.91 Å². The lowest BCUT2D eigenvalue weighted by Crippen LogP contribution is -2.37. The van der Waals surface area contributed by atoms with E-state index >= 15 is 0 Å². The van der Waals surface area contributed by atoms with Gasteiger partial charge in [0.2, 0.25) is 5.91 Å². The Hall–Kier alpha value is -2.24. The van der Waals surface area contributed by atoms with Crippen LogP contribution >= 0.6 is 0 Å². The Kier molecular flexibility index (Phi) is 5.66. The van der Waals surface area contributed by atoms with Gasteiger partial charge in [-0.05, 0) is 24.6 Å². The molecule has 0 aliphatic carbocycles. The summed E-state index contributed by atoms with van der Waals surface area (Å²) in [5, 5.41) is 5.19. The standard InChI is InChI=1S/C13H19N3O3/c1-3-6-15-12(17)8-16-13(18)10-7-9(14)4-5-11(10)19-2/h4-5,7H,3,6,8,14H2,1-2H3,(H,15,17)(H,16,18). The molecule has 1 rings (SSSR count). The number of ether oxygens (including phenoxy) is 1. The zero-order valence-electron chi connectivity index (χ0n) is 11.2. The summed E-state index contributed by atoms with van der Waals surface area (Å²) < 4.78 is 5.08. The molecule has 6 nitrogen and oxygen atoms in total. The number of anilines is 1. The lowest BCUT2D eigenvalue weighted by Gasteiger charge is -2.10. The summed E-state index contributed by atoms with van der Waals surface area (Å²) in [5.74, 6) is -0.200. The molecule has 0 saturated heterocycles. The molecule has 0 fully saturated rings. The van der Waals surface area contributed by atoms with Crippen molar-refractivity contribution < 1.29 is 14.3 Å². The monoisotopic (exact) mass is 265 g/mol. The number of amides is 2. The molecule has 0 aliphatic heterocycles. The van der Waals surface area contributed by atoms with Crippen molar-refractivity contribution >= 4 is 17.5 Å². The number of hydrogen-bond donors (Lipinski definition) is 3. The first-order valence-corrected chi connectivity index (χ1v) is 6.07. The fourth-order valence-electron chi connectivity index (χ4n) is 1.49. The molecule has 2 amide bonds. The summed E-state index contributed by atoms with van der Waals surface area (Å²) in [4.78, 5) is 23.3. The maximum absolute atomic E-state index is 11.9. The van der Waals surface area contributed by atoms with E-state index in [2.05, 4.69) is 10.6 Å². The fourth-order valence-corrected chi connectivity index (χ4v) is 1.49. The highest BCUT2D eigenvalue weighted by molar-refractivity contribution is 5.99. The molecular weight excluding hydrogens is 246 g/mol. The van der Waals surface area contributed by atoms with Crippen LogP contribution in [0.5, 0.6) is 5.75 Å². The molecular formula is C13H19N3O3. The fraction of sp³-hybridized carbons (Fsp3) is 0.385. The number of hydrogen-bond acceptors (Lipinski definition) is 4. The van der Waals surface area contributed by atoms with E-state index in [1.54, 1.807) is 12.1 Å². The Morgan fingerprint density at radius 1 is 1.32 bits per heavy atom. The van der Waals surface area contributed by atoms with Crippen LogP contribution in [0.3, 0.4) is 0 Å². The molecule has 0 aliphatic rings. The average molecular weight is 265 g/mol. The number of rotatable bonds is 6. The first-order chi connectivity index (χ1) is 9.08. The molecule has 6 heteroatoms. The summed E-state index contributed by atoms with van der Waals surface area (Å²) in [5.41, 5.74) is 6.40. The van der Waals surface area contributed by atoms with E-state index in [0.717, 1.165) is 6.42 Å². The van der Waals surface area contributed by atoms with Gasteiger partial charge in [0.1, 0.15) is 5.75 Å². The second kappa shape index (κ2) is 7.25. The largest absolute Gasteiger partial charge is 0.496 e. The van der Waals surface area contributed by atoms with Gasteiger partial charge in [0, 0.05) is 12.2 Å². The minimum Gasteiger partial charge on any atom is -0.496 e. The lowest BCUT2D eigenvalue weighted by molar-refractivity contribution is -0.120. The van der Waals surface area contributed by atoms with Crippen molar-refractivity contribution in [3.8, 4) is 5.75 Å². The van der Waals surface area contributed by atoms with Crippen molar-refractivity contribution in [3.63, 3.8) is 0 Å². The Bertz CT molecular complexity index is 460. The van der Waals surface area contributed by atoms with Gasteiger partial charge in [-0.25, -0.2) is 0 Å². The Balaban J connectivity index is 2.63. The Morgan fingerprint density at radius 2 is 2.05 bits per heavy atom. The zero-order chi connectivity index (χ0) is 14.3. The first-order valence-electron chi connectivity index (χ1n) is 6.07. The highest BCUT2D eigenvalue weighted by Crippen LogP contribution is 2.20. The molecule has 0 saturated carbocycles. The molecule has 104 valence electrons. The van der Waals surface area contributed by atoms with E-state index in [-0.39, 0.29) is 12.5 Å². The van der Waals surface area contributed by atoms with Crippen molar-refractivity contribution in [1.29, 1.82) is 0 Å². The minimum absolute atomic E-state index is 0.0726. The van der Waals surface area contributed by atoms with Gasteiger partial charge in [-0.1, -0.05) is 6.92 Å². The number of carbonyl (C=O) groups is 2. The van der Waals surface area contributed by atoms with E-state index in [0.29, 0.717) is 23.5 Å². The SMILES string of the molecule is CCCNC(=O)CNC(=O)c1cc(N)ccc1OC. The molecule has 1 aromatic carbocycles. The summed E-state index contributed by atoms with van der Waals surface area (Å²) in [7, 11) is 1.47. The van der Waals surface area contributed by atoms with Gasteiger partial charge >= 0.3 is 0 Å². The average Bonchev–Trinajstić information content (AvgIpc) is 2.42. The third-order valence-electron chi connectivity index (χ3n) is 2.45. The van der Waals surface area contributed by atoms with Gasteiger partial charge in [0.15, 0.2) is 0 Å². The summed E-state index contributed by atoms with van der Waals surface area (Å²) in [6, 6.07) is 4.77. The molecule has 0 atom stereocenters. The molecule has 0 radical (unpaired) electrons. The molecule has 0 spiro atoms. The number of nitrogens with one attached hydrogen (secondary N) is 2. The van der Waals surface area contributed by atoms with Gasteiger partial charge < -0.3 is 21.1 Å². The van der Waals surface area contributed by atoms with Crippen LogP contribution in [0.25, 0.3) is 0 Å². The molecule has 19 heavy (non-hydrogen) atoms. The minimum atomic E-state index is -0.393. The number of methoxy groups -OCH3 is 1. The van der Waals surface area contributed by atoms with Crippen LogP contribution in [0.4, 0.5) is 5.69 Å². The van der Waals surface area contributed by atoms with Gasteiger partial charge in [-0.2, -0.15) is 0 Å². The molecule has 1 aromatic rings. The lowest BCUT2D eigenvalue weighted by atomic mass is 10.1. The van der Waals surface area contributed by atoms with Crippen molar-refractivity contribution in [2.45, 2.75) is 13.3 Å². The molecule has 0 unspecified atom stereocenters.